The maximum absolute atomic E-state index is 12.5. The molecule has 0 saturated heterocycles. The highest BCUT2D eigenvalue weighted by molar-refractivity contribution is 5.67. The van der Waals surface area contributed by atoms with Crippen LogP contribution in [0.5, 0.6) is 5.75 Å². The Bertz CT molecular complexity index is 474. The lowest BCUT2D eigenvalue weighted by Crippen LogP contribution is -2.17. The first kappa shape index (κ1) is 10.4. The first-order chi connectivity index (χ1) is 8.54. The third-order valence-corrected chi connectivity index (χ3v) is 1.77. The molecule has 0 aliphatic rings. The Morgan fingerprint density at radius 3 is 2.82 bits per heavy atom. The number of halogens is 3. The van der Waals surface area contributed by atoms with E-state index in [4.69, 9.17) is 12.6 Å². The Morgan fingerprint density at radius 2 is 2.29 bits per heavy atom. The number of hydrogen-bond donors (Lipinski definition) is 1. The fourth-order valence-corrected chi connectivity index (χ4v) is 1.13. The minimum Gasteiger partial charge on any atom is -0.490 e. The topological polar surface area (TPSA) is 46.5 Å². The molecule has 6 heteroatoms. The van der Waals surface area contributed by atoms with Crippen molar-refractivity contribution in [1.82, 2.24) is 0 Å². The van der Waals surface area contributed by atoms with E-state index < -0.39 is 30.2 Å². The summed E-state index contributed by atoms with van der Waals surface area (Å²) in [6.07, 6.45) is -8.71. The third-order valence-electron chi connectivity index (χ3n) is 1.77. The number of ether oxygens (including phenoxy) is 1. The molecule has 0 bridgehead atoms. The smallest absolute Gasteiger partial charge is 0.416 e. The van der Waals surface area contributed by atoms with Gasteiger partial charge in [-0.2, -0.15) is 13.2 Å². The van der Waals surface area contributed by atoms with Crippen molar-refractivity contribution in [3.8, 4) is 5.75 Å². The molecule has 3 nitrogen and oxygen atoms in total. The van der Waals surface area contributed by atoms with Gasteiger partial charge >= 0.3 is 12.1 Å². The minimum atomic E-state index is -4.56. The van der Waals surface area contributed by atoms with Crippen LogP contribution in [-0.4, -0.2) is 17.2 Å². The highest BCUT2D eigenvalue weighted by Gasteiger charge is 2.30. The number of carboxylic acids is 1. The molecule has 1 aromatic rings. The van der Waals surface area contributed by atoms with Crippen LogP contribution >= 0.6 is 0 Å². The summed E-state index contributed by atoms with van der Waals surface area (Å²) in [5.41, 5.74) is -0.974. The number of hydrogen-bond acceptors (Lipinski definition) is 2. The predicted molar refractivity (Wildman–Crippen MR) is 53.8 cm³/mol. The van der Waals surface area contributed by atoms with Gasteiger partial charge in [0.05, 0.1) is 13.3 Å². The highest BCUT2D eigenvalue weighted by atomic mass is 19.4. The molecular weight excluding hydrogens is 237 g/mol. The molecule has 0 saturated carbocycles. The van der Waals surface area contributed by atoms with Crippen molar-refractivity contribution in [2.75, 3.05) is 0 Å². The lowest BCUT2D eigenvalue weighted by atomic mass is 10.2. The van der Waals surface area contributed by atoms with Gasteiger partial charge in [0, 0.05) is 1.37 Å². The van der Waals surface area contributed by atoms with Crippen molar-refractivity contribution in [3.63, 3.8) is 0 Å². The molecule has 1 N–H and O–H groups in total. The molecule has 0 heterocycles. The van der Waals surface area contributed by atoms with Crippen LogP contribution in [0.3, 0.4) is 0 Å². The van der Waals surface area contributed by atoms with Crippen LogP contribution < -0.4 is 4.74 Å². The van der Waals surface area contributed by atoms with Gasteiger partial charge in [0.15, 0.2) is 0 Å². The molecule has 0 fully saturated rings. The summed E-state index contributed by atoms with van der Waals surface area (Å²) >= 11 is 0. The van der Waals surface area contributed by atoms with Gasteiger partial charge in [-0.3, -0.25) is 4.79 Å². The summed E-state index contributed by atoms with van der Waals surface area (Å²) < 4.78 is 57.0. The summed E-state index contributed by atoms with van der Waals surface area (Å²) in [4.78, 5) is 10.6. The van der Waals surface area contributed by atoms with Gasteiger partial charge in [0.25, 0.3) is 0 Å². The molecule has 0 aliphatic heterocycles. The molecule has 0 spiro atoms. The van der Waals surface area contributed by atoms with Crippen molar-refractivity contribution in [2.24, 2.45) is 0 Å². The van der Waals surface area contributed by atoms with Gasteiger partial charge in [-0.25, -0.2) is 0 Å². The van der Waals surface area contributed by atoms with Crippen molar-refractivity contribution in [3.05, 3.63) is 29.8 Å². The van der Waals surface area contributed by atoms with Gasteiger partial charge < -0.3 is 9.84 Å². The quantitative estimate of drug-likeness (QED) is 0.893. The Balaban J connectivity index is 2.97. The second kappa shape index (κ2) is 5.07. The van der Waals surface area contributed by atoms with Gasteiger partial charge in [0.1, 0.15) is 11.8 Å². The van der Waals surface area contributed by atoms with E-state index in [-0.39, 0.29) is 5.75 Å². The standard InChI is InChI=1S/C11H11F3O3/c1-7(5-10(15)16)17-9-4-2-3-8(6-9)11(12,13)14/h2-4,6-7H,5H2,1H3,(H,15,16)/t7-/m1/s1/i5D,7D/t5-,7-. The first-order valence-electron chi connectivity index (χ1n) is 5.63. The summed E-state index contributed by atoms with van der Waals surface area (Å²) in [5.74, 6) is -1.91. The van der Waals surface area contributed by atoms with E-state index in [9.17, 15) is 18.0 Å². The van der Waals surface area contributed by atoms with Crippen LogP contribution in [0.15, 0.2) is 24.3 Å². The predicted octanol–water partition coefficient (Wildman–Crippen LogP) is 2.95. The van der Waals surface area contributed by atoms with Crippen LogP contribution in [0.2, 0.25) is 0 Å². The van der Waals surface area contributed by atoms with Crippen LogP contribution in [0.4, 0.5) is 13.2 Å². The maximum Gasteiger partial charge on any atom is 0.416 e. The number of aliphatic carboxylic acids is 1. The van der Waals surface area contributed by atoms with E-state index in [1.54, 1.807) is 0 Å². The van der Waals surface area contributed by atoms with Gasteiger partial charge in [-0.1, -0.05) is 6.07 Å². The van der Waals surface area contributed by atoms with Crippen LogP contribution in [-0.2, 0) is 11.0 Å². The van der Waals surface area contributed by atoms with Gasteiger partial charge in [0.2, 0.25) is 0 Å². The molecule has 17 heavy (non-hydrogen) atoms. The SMILES string of the molecule is [2H][C@@H](C(=O)O)[C@@]([2H])(C)Oc1cccc(C(F)(F)F)c1. The lowest BCUT2D eigenvalue weighted by Gasteiger charge is -2.14. The highest BCUT2D eigenvalue weighted by Crippen LogP contribution is 2.31. The molecule has 1 rings (SSSR count). The third kappa shape index (κ3) is 4.34. The van der Waals surface area contributed by atoms with Crippen molar-refractivity contribution < 1.29 is 30.6 Å². The normalized spacial score (nSPS) is 18.6. The van der Waals surface area contributed by atoms with E-state index in [0.29, 0.717) is 6.07 Å². The molecule has 0 unspecified atom stereocenters. The van der Waals surface area contributed by atoms with Crippen molar-refractivity contribution >= 4 is 5.97 Å². The van der Waals surface area contributed by atoms with Crippen molar-refractivity contribution in [2.45, 2.75) is 25.6 Å². The number of rotatable bonds is 4. The Kier molecular flexibility index (Phi) is 3.11. The molecule has 0 aliphatic carbocycles. The van der Waals surface area contributed by atoms with Gasteiger partial charge in [-0.15, -0.1) is 0 Å². The van der Waals surface area contributed by atoms with Crippen LogP contribution in [0.1, 0.15) is 21.6 Å². The monoisotopic (exact) mass is 250 g/mol. The zero-order valence-corrected chi connectivity index (χ0v) is 8.78. The average Bonchev–Trinajstić information content (AvgIpc) is 2.26. The summed E-state index contributed by atoms with van der Waals surface area (Å²) in [7, 11) is 0. The number of carboxylic acid groups (broad SMARTS) is 1. The average molecular weight is 250 g/mol. The molecule has 0 radical (unpaired) electrons. The summed E-state index contributed by atoms with van der Waals surface area (Å²) in [6.45, 7) is 0.999. The Labute approximate surface area is 98.6 Å². The zero-order chi connectivity index (χ0) is 14.8. The van der Waals surface area contributed by atoms with E-state index in [0.717, 1.165) is 25.1 Å². The number of benzene rings is 1. The van der Waals surface area contributed by atoms with Gasteiger partial charge in [-0.05, 0) is 25.1 Å². The fourth-order valence-electron chi connectivity index (χ4n) is 1.13. The molecule has 2 atom stereocenters. The second-order valence-corrected chi connectivity index (χ2v) is 3.22. The second-order valence-electron chi connectivity index (χ2n) is 3.22. The largest absolute Gasteiger partial charge is 0.490 e. The molecule has 0 amide bonds. The summed E-state index contributed by atoms with van der Waals surface area (Å²) in [5, 5.41) is 8.61. The molecule has 0 aromatic heterocycles. The lowest BCUT2D eigenvalue weighted by molar-refractivity contribution is -0.139. The fraction of sp³-hybridized carbons (Fsp3) is 0.364. The summed E-state index contributed by atoms with van der Waals surface area (Å²) in [6, 6.07) is 3.72. The van der Waals surface area contributed by atoms with Crippen LogP contribution in [0, 0.1) is 0 Å². The Morgan fingerprint density at radius 1 is 1.65 bits per heavy atom. The van der Waals surface area contributed by atoms with Crippen LogP contribution in [0.25, 0.3) is 0 Å². The first-order valence-corrected chi connectivity index (χ1v) is 4.55. The van der Waals surface area contributed by atoms with E-state index in [1.807, 2.05) is 0 Å². The van der Waals surface area contributed by atoms with E-state index in [1.165, 1.54) is 0 Å². The molecule has 94 valence electrons. The maximum atomic E-state index is 12.5. The Hall–Kier alpha value is -1.72. The number of alkyl halides is 3. The van der Waals surface area contributed by atoms with E-state index >= 15 is 0 Å². The van der Waals surface area contributed by atoms with E-state index in [2.05, 4.69) is 0 Å². The zero-order valence-electron chi connectivity index (χ0n) is 10.8. The molecular formula is C11H11F3O3. The minimum absolute atomic E-state index is 0.314. The van der Waals surface area contributed by atoms with Crippen molar-refractivity contribution in [1.29, 1.82) is 0 Å². The molecule has 1 aromatic carbocycles. The number of carbonyl (C=O) groups is 1.